The first-order valence-electron chi connectivity index (χ1n) is 6.25. The molecule has 106 valence electrons. The highest BCUT2D eigenvalue weighted by Crippen LogP contribution is 2.15. The van der Waals surface area contributed by atoms with Crippen LogP contribution in [0, 0.1) is 5.82 Å². The maximum absolute atomic E-state index is 13.7. The normalized spacial score (nSPS) is 10.8. The highest BCUT2D eigenvalue weighted by atomic mass is 19.1. The van der Waals surface area contributed by atoms with E-state index in [1.54, 1.807) is 24.3 Å². The van der Waals surface area contributed by atoms with Crippen molar-refractivity contribution >= 4 is 5.78 Å². The minimum absolute atomic E-state index is 0.117. The molecule has 0 unspecified atom stereocenters. The summed E-state index contributed by atoms with van der Waals surface area (Å²) in [5.41, 5.74) is 0.849. The highest BCUT2D eigenvalue weighted by molar-refractivity contribution is 5.90. The van der Waals surface area contributed by atoms with Gasteiger partial charge in [-0.25, -0.2) is 14.1 Å². The Hall–Kier alpha value is -2.83. The monoisotopic (exact) mass is 286 g/mol. The van der Waals surface area contributed by atoms with Crippen molar-refractivity contribution in [2.45, 2.75) is 13.5 Å². The van der Waals surface area contributed by atoms with Crippen LogP contribution in [0.1, 0.15) is 23.1 Å². The standard InChI is InChI=1S/C14H11FN4O2/c1-9(20)14-16-13(12-6-7-21-18-12)17-19(14)8-10-4-2-3-5-11(10)15/h2-7H,8H2,1H3. The zero-order valence-electron chi connectivity index (χ0n) is 11.2. The summed E-state index contributed by atoms with van der Waals surface area (Å²) in [7, 11) is 0. The minimum Gasteiger partial charge on any atom is -0.364 e. The van der Waals surface area contributed by atoms with Gasteiger partial charge in [0, 0.05) is 18.6 Å². The van der Waals surface area contributed by atoms with E-state index in [9.17, 15) is 9.18 Å². The van der Waals surface area contributed by atoms with Crippen molar-refractivity contribution in [1.29, 1.82) is 0 Å². The number of benzene rings is 1. The van der Waals surface area contributed by atoms with Gasteiger partial charge >= 0.3 is 0 Å². The van der Waals surface area contributed by atoms with Gasteiger partial charge in [-0.05, 0) is 6.07 Å². The van der Waals surface area contributed by atoms with Crippen LogP contribution in [0.5, 0.6) is 0 Å². The molecule has 21 heavy (non-hydrogen) atoms. The maximum atomic E-state index is 13.7. The second kappa shape index (κ2) is 5.28. The van der Waals surface area contributed by atoms with E-state index in [1.165, 1.54) is 23.9 Å². The fraction of sp³-hybridized carbons (Fsp3) is 0.143. The Bertz CT molecular complexity index is 780. The Morgan fingerprint density at radius 1 is 1.33 bits per heavy atom. The average Bonchev–Trinajstić information content (AvgIpc) is 3.10. The number of halogens is 1. The van der Waals surface area contributed by atoms with Crippen LogP contribution < -0.4 is 0 Å². The van der Waals surface area contributed by atoms with Crippen LogP contribution in [-0.2, 0) is 6.54 Å². The SMILES string of the molecule is CC(=O)c1nc(-c2ccon2)nn1Cc1ccccc1F. The van der Waals surface area contributed by atoms with Crippen LogP contribution in [0.3, 0.4) is 0 Å². The molecule has 0 N–H and O–H groups in total. The molecule has 3 aromatic rings. The lowest BCUT2D eigenvalue weighted by atomic mass is 10.2. The van der Waals surface area contributed by atoms with Crippen molar-refractivity contribution in [1.82, 2.24) is 19.9 Å². The van der Waals surface area contributed by atoms with Crippen molar-refractivity contribution < 1.29 is 13.7 Å². The molecule has 0 fully saturated rings. The lowest BCUT2D eigenvalue weighted by Gasteiger charge is -2.04. The molecule has 0 radical (unpaired) electrons. The van der Waals surface area contributed by atoms with Crippen molar-refractivity contribution in [2.24, 2.45) is 0 Å². The average molecular weight is 286 g/mol. The predicted octanol–water partition coefficient (Wildman–Crippen LogP) is 2.32. The van der Waals surface area contributed by atoms with Crippen LogP contribution in [-0.4, -0.2) is 25.7 Å². The number of aromatic nitrogens is 4. The first-order chi connectivity index (χ1) is 10.1. The van der Waals surface area contributed by atoms with E-state index in [1.807, 2.05) is 0 Å². The molecule has 0 amide bonds. The zero-order valence-corrected chi connectivity index (χ0v) is 11.2. The fourth-order valence-corrected chi connectivity index (χ4v) is 1.94. The molecule has 1 aromatic carbocycles. The first kappa shape index (κ1) is 13.2. The van der Waals surface area contributed by atoms with Crippen molar-refractivity contribution in [3.63, 3.8) is 0 Å². The number of carbonyl (C=O) groups excluding carboxylic acids is 1. The van der Waals surface area contributed by atoms with Crippen LogP contribution in [0.15, 0.2) is 41.1 Å². The van der Waals surface area contributed by atoms with Crippen LogP contribution in [0.4, 0.5) is 4.39 Å². The molecule has 2 aromatic heterocycles. The minimum atomic E-state index is -0.356. The zero-order chi connectivity index (χ0) is 14.8. The van der Waals surface area contributed by atoms with E-state index in [-0.39, 0.29) is 29.8 Å². The molecular weight excluding hydrogens is 275 g/mol. The van der Waals surface area contributed by atoms with Gasteiger partial charge in [0.05, 0.1) is 6.54 Å². The summed E-state index contributed by atoms with van der Waals surface area (Å²) in [6, 6.07) is 7.91. The summed E-state index contributed by atoms with van der Waals surface area (Å²) in [5.74, 6) is -0.194. The fourth-order valence-electron chi connectivity index (χ4n) is 1.94. The molecule has 3 rings (SSSR count). The van der Waals surface area contributed by atoms with E-state index in [4.69, 9.17) is 4.52 Å². The molecule has 0 atom stereocenters. The van der Waals surface area contributed by atoms with E-state index in [0.717, 1.165) is 0 Å². The molecule has 0 bridgehead atoms. The summed E-state index contributed by atoms with van der Waals surface area (Å²) in [5, 5.41) is 7.93. The van der Waals surface area contributed by atoms with Crippen molar-refractivity contribution in [2.75, 3.05) is 0 Å². The second-order valence-corrected chi connectivity index (χ2v) is 4.45. The number of carbonyl (C=O) groups is 1. The van der Waals surface area contributed by atoms with E-state index < -0.39 is 0 Å². The van der Waals surface area contributed by atoms with E-state index in [2.05, 4.69) is 15.2 Å². The van der Waals surface area contributed by atoms with E-state index >= 15 is 0 Å². The van der Waals surface area contributed by atoms with Gasteiger partial charge in [-0.3, -0.25) is 4.79 Å². The molecule has 0 saturated carbocycles. The Labute approximate surface area is 119 Å². The van der Waals surface area contributed by atoms with Gasteiger partial charge in [-0.2, -0.15) is 0 Å². The van der Waals surface area contributed by atoms with Gasteiger partial charge in [0.2, 0.25) is 5.82 Å². The predicted molar refractivity (Wildman–Crippen MR) is 71.0 cm³/mol. The van der Waals surface area contributed by atoms with Gasteiger partial charge in [0.25, 0.3) is 0 Å². The van der Waals surface area contributed by atoms with Crippen LogP contribution >= 0.6 is 0 Å². The van der Waals surface area contributed by atoms with E-state index in [0.29, 0.717) is 11.3 Å². The molecule has 0 aliphatic carbocycles. The maximum Gasteiger partial charge on any atom is 0.204 e. The molecular formula is C14H11FN4O2. The topological polar surface area (TPSA) is 73.8 Å². The third kappa shape index (κ3) is 2.58. The highest BCUT2D eigenvalue weighted by Gasteiger charge is 2.17. The summed E-state index contributed by atoms with van der Waals surface area (Å²) in [4.78, 5) is 15.8. The first-order valence-corrected chi connectivity index (χ1v) is 6.25. The number of nitrogens with zero attached hydrogens (tertiary/aromatic N) is 4. The van der Waals surface area contributed by atoms with Crippen LogP contribution in [0.25, 0.3) is 11.5 Å². The molecule has 6 nitrogen and oxygen atoms in total. The molecule has 7 heteroatoms. The third-order valence-electron chi connectivity index (χ3n) is 2.93. The van der Waals surface area contributed by atoms with Crippen molar-refractivity contribution in [3.8, 4) is 11.5 Å². The van der Waals surface area contributed by atoms with Gasteiger partial charge < -0.3 is 4.52 Å². The molecule has 0 aliphatic heterocycles. The van der Waals surface area contributed by atoms with Crippen molar-refractivity contribution in [3.05, 3.63) is 53.8 Å². The van der Waals surface area contributed by atoms with Gasteiger partial charge in [0.1, 0.15) is 12.1 Å². The molecule has 2 heterocycles. The van der Waals surface area contributed by atoms with Gasteiger partial charge in [-0.15, -0.1) is 5.10 Å². The van der Waals surface area contributed by atoms with Gasteiger partial charge in [-0.1, -0.05) is 23.4 Å². The summed E-state index contributed by atoms with van der Waals surface area (Å²) in [6.07, 6.45) is 1.39. The molecule has 0 aliphatic rings. The Morgan fingerprint density at radius 2 is 2.14 bits per heavy atom. The second-order valence-electron chi connectivity index (χ2n) is 4.45. The third-order valence-corrected chi connectivity index (χ3v) is 2.93. The summed E-state index contributed by atoms with van der Waals surface area (Å²) >= 11 is 0. The lowest BCUT2D eigenvalue weighted by molar-refractivity contribution is 0.0998. The van der Waals surface area contributed by atoms with Crippen LogP contribution in [0.2, 0.25) is 0 Å². The largest absolute Gasteiger partial charge is 0.364 e. The molecule has 0 spiro atoms. The van der Waals surface area contributed by atoms with Gasteiger partial charge in [0.15, 0.2) is 17.3 Å². The number of hydrogen-bond donors (Lipinski definition) is 0. The number of rotatable bonds is 4. The quantitative estimate of drug-likeness (QED) is 0.688. The molecule has 0 saturated heterocycles. The smallest absolute Gasteiger partial charge is 0.204 e. The lowest BCUT2D eigenvalue weighted by Crippen LogP contribution is -2.11. The Balaban J connectivity index is 2.01. The number of Topliss-reactive ketones (excluding diaryl/α,β-unsaturated/α-hetero) is 1. The Kier molecular flexibility index (Phi) is 3.31. The summed E-state index contributed by atoms with van der Waals surface area (Å²) in [6.45, 7) is 1.50. The number of ketones is 1. The Morgan fingerprint density at radius 3 is 2.81 bits per heavy atom. The number of hydrogen-bond acceptors (Lipinski definition) is 5. The summed E-state index contributed by atoms with van der Waals surface area (Å²) < 4.78 is 19.8.